The van der Waals surface area contributed by atoms with Crippen molar-refractivity contribution in [3.8, 4) is 5.75 Å². The van der Waals surface area contributed by atoms with Crippen LogP contribution < -0.4 is 0 Å². The number of phenols is 1. The zero-order valence-corrected chi connectivity index (χ0v) is 12.6. The number of carbonyl (C=O) groups excluding carboxylic acids is 2. The van der Waals surface area contributed by atoms with E-state index in [1.807, 2.05) is 0 Å². The molecule has 0 amide bonds. The van der Waals surface area contributed by atoms with Gasteiger partial charge < -0.3 is 14.6 Å². The second-order valence-electron chi connectivity index (χ2n) is 5.02. The maximum Gasteiger partial charge on any atom is 0.345 e. The highest BCUT2D eigenvalue weighted by molar-refractivity contribution is 6.17. The van der Waals surface area contributed by atoms with E-state index in [0.29, 0.717) is 5.56 Å². The second kappa shape index (κ2) is 7.47. The average Bonchev–Trinajstić information content (AvgIpc) is 2.35. The first-order valence-corrected chi connectivity index (χ1v) is 6.73. The van der Waals surface area contributed by atoms with Crippen LogP contribution >= 0.6 is 0 Å². The molecule has 1 N–H and O–H groups in total. The summed E-state index contributed by atoms with van der Waals surface area (Å²) in [7, 11) is 0. The van der Waals surface area contributed by atoms with Crippen molar-refractivity contribution in [2.24, 2.45) is 0 Å². The van der Waals surface area contributed by atoms with Crippen LogP contribution in [0.1, 0.15) is 33.3 Å². The summed E-state index contributed by atoms with van der Waals surface area (Å²) in [6.45, 7) is 6.74. The van der Waals surface area contributed by atoms with E-state index in [1.165, 1.54) is 12.1 Å². The first kappa shape index (κ1) is 16.8. The summed E-state index contributed by atoms with van der Waals surface area (Å²) in [5, 5.41) is 9.74. The molecule has 0 aliphatic rings. The van der Waals surface area contributed by atoms with Crippen molar-refractivity contribution in [1.29, 1.82) is 0 Å². The highest BCUT2D eigenvalue weighted by atomic mass is 16.6. The zero-order valence-electron chi connectivity index (χ0n) is 12.6. The third-order valence-corrected chi connectivity index (χ3v) is 2.36. The Balaban J connectivity index is 3.15. The SMILES string of the molecule is CC(C)OC(=O)C(=Cc1ccccc1O)C(=O)OC(C)C. The number of ether oxygens (including phenoxy) is 2. The molecule has 1 aromatic rings. The third-order valence-electron chi connectivity index (χ3n) is 2.36. The van der Waals surface area contributed by atoms with Crippen molar-refractivity contribution in [2.45, 2.75) is 39.9 Å². The molecule has 114 valence electrons. The molecular weight excluding hydrogens is 272 g/mol. The third kappa shape index (κ3) is 5.30. The number of hydrogen-bond donors (Lipinski definition) is 1. The van der Waals surface area contributed by atoms with Crippen LogP contribution in [-0.2, 0) is 19.1 Å². The number of aromatic hydroxyl groups is 1. The van der Waals surface area contributed by atoms with Crippen LogP contribution in [0.15, 0.2) is 29.8 Å². The fourth-order valence-corrected chi connectivity index (χ4v) is 1.52. The molecule has 1 rings (SSSR count). The summed E-state index contributed by atoms with van der Waals surface area (Å²) in [6, 6.07) is 6.38. The normalized spacial score (nSPS) is 10.4. The number of hydrogen-bond acceptors (Lipinski definition) is 5. The molecule has 0 fully saturated rings. The van der Waals surface area contributed by atoms with E-state index in [-0.39, 0.29) is 23.5 Å². The molecule has 0 saturated heterocycles. The number of phenolic OH excluding ortho intramolecular Hbond substituents is 1. The van der Waals surface area contributed by atoms with Gasteiger partial charge in [0.05, 0.1) is 12.2 Å². The van der Waals surface area contributed by atoms with Gasteiger partial charge >= 0.3 is 11.9 Å². The summed E-state index contributed by atoms with van der Waals surface area (Å²) in [5.74, 6) is -1.59. The first-order chi connectivity index (χ1) is 9.81. The fourth-order valence-electron chi connectivity index (χ4n) is 1.52. The molecule has 0 bridgehead atoms. The van der Waals surface area contributed by atoms with Gasteiger partial charge in [-0.15, -0.1) is 0 Å². The zero-order chi connectivity index (χ0) is 16.0. The average molecular weight is 292 g/mol. The van der Waals surface area contributed by atoms with Gasteiger partial charge in [0, 0.05) is 5.56 Å². The molecular formula is C16H20O5. The second-order valence-corrected chi connectivity index (χ2v) is 5.02. The van der Waals surface area contributed by atoms with E-state index in [4.69, 9.17) is 9.47 Å². The lowest BCUT2D eigenvalue weighted by atomic mass is 10.1. The van der Waals surface area contributed by atoms with Crippen LogP contribution in [0.4, 0.5) is 0 Å². The van der Waals surface area contributed by atoms with Crippen molar-refractivity contribution in [2.75, 3.05) is 0 Å². The summed E-state index contributed by atoms with van der Waals surface area (Å²) in [4.78, 5) is 24.0. The Hall–Kier alpha value is -2.30. The topological polar surface area (TPSA) is 72.8 Å². The molecule has 5 heteroatoms. The van der Waals surface area contributed by atoms with Crippen LogP contribution in [-0.4, -0.2) is 29.3 Å². The van der Waals surface area contributed by atoms with Gasteiger partial charge in [0.15, 0.2) is 0 Å². The van der Waals surface area contributed by atoms with E-state index >= 15 is 0 Å². The van der Waals surface area contributed by atoms with Gasteiger partial charge in [-0.1, -0.05) is 18.2 Å². The highest BCUT2D eigenvalue weighted by Gasteiger charge is 2.23. The minimum Gasteiger partial charge on any atom is -0.507 e. The Bertz CT molecular complexity index is 519. The lowest BCUT2D eigenvalue weighted by Gasteiger charge is -2.13. The standard InChI is InChI=1S/C16H20O5/c1-10(2)20-15(18)13(16(19)21-11(3)4)9-12-7-5-6-8-14(12)17/h5-11,17H,1-4H3. The summed E-state index contributed by atoms with van der Waals surface area (Å²) in [6.07, 6.45) is 0.541. The van der Waals surface area contributed by atoms with Crippen molar-refractivity contribution in [1.82, 2.24) is 0 Å². The molecule has 0 heterocycles. The molecule has 0 aliphatic heterocycles. The summed E-state index contributed by atoms with van der Waals surface area (Å²) in [5.41, 5.74) is 0.0906. The fraction of sp³-hybridized carbons (Fsp3) is 0.375. The minimum atomic E-state index is -0.779. The van der Waals surface area contributed by atoms with Gasteiger partial charge in [-0.25, -0.2) is 9.59 Å². The first-order valence-electron chi connectivity index (χ1n) is 6.73. The summed E-state index contributed by atoms with van der Waals surface area (Å²) >= 11 is 0. The lowest BCUT2D eigenvalue weighted by molar-refractivity contribution is -0.150. The van der Waals surface area contributed by atoms with E-state index in [0.717, 1.165) is 0 Å². The van der Waals surface area contributed by atoms with Gasteiger partial charge in [0.2, 0.25) is 0 Å². The molecule has 21 heavy (non-hydrogen) atoms. The number of benzene rings is 1. The van der Waals surface area contributed by atoms with Gasteiger partial charge in [-0.2, -0.15) is 0 Å². The number of esters is 2. The van der Waals surface area contributed by atoms with Gasteiger partial charge in [0.25, 0.3) is 0 Å². The molecule has 0 saturated carbocycles. The Morgan fingerprint density at radius 2 is 1.48 bits per heavy atom. The Kier molecular flexibility index (Phi) is 5.96. The van der Waals surface area contributed by atoms with Gasteiger partial charge in [-0.05, 0) is 39.8 Å². The van der Waals surface area contributed by atoms with Crippen molar-refractivity contribution < 1.29 is 24.2 Å². The van der Waals surface area contributed by atoms with E-state index in [1.54, 1.807) is 45.9 Å². The minimum absolute atomic E-state index is 0.0373. The molecule has 0 aromatic heterocycles. The molecule has 1 aromatic carbocycles. The van der Waals surface area contributed by atoms with E-state index in [9.17, 15) is 14.7 Å². The number of carbonyl (C=O) groups is 2. The van der Waals surface area contributed by atoms with Crippen LogP contribution in [0, 0.1) is 0 Å². The monoisotopic (exact) mass is 292 g/mol. The maximum absolute atomic E-state index is 12.0. The molecule has 5 nitrogen and oxygen atoms in total. The largest absolute Gasteiger partial charge is 0.507 e. The van der Waals surface area contributed by atoms with E-state index in [2.05, 4.69) is 0 Å². The van der Waals surface area contributed by atoms with Crippen LogP contribution in [0.25, 0.3) is 6.08 Å². The smallest absolute Gasteiger partial charge is 0.345 e. The van der Waals surface area contributed by atoms with E-state index < -0.39 is 11.9 Å². The van der Waals surface area contributed by atoms with Gasteiger partial charge in [0.1, 0.15) is 11.3 Å². The highest BCUT2D eigenvalue weighted by Crippen LogP contribution is 2.20. The van der Waals surface area contributed by atoms with Crippen LogP contribution in [0.5, 0.6) is 5.75 Å². The molecule has 0 radical (unpaired) electrons. The molecule has 0 atom stereocenters. The van der Waals surface area contributed by atoms with Crippen LogP contribution in [0.2, 0.25) is 0 Å². The quantitative estimate of drug-likeness (QED) is 0.391. The molecule has 0 unspecified atom stereocenters. The number of rotatable bonds is 5. The number of para-hydroxylation sites is 1. The predicted molar refractivity (Wildman–Crippen MR) is 78.5 cm³/mol. The van der Waals surface area contributed by atoms with Gasteiger partial charge in [-0.3, -0.25) is 0 Å². The van der Waals surface area contributed by atoms with Crippen molar-refractivity contribution in [3.63, 3.8) is 0 Å². The Morgan fingerprint density at radius 1 is 1.00 bits per heavy atom. The molecule has 0 spiro atoms. The lowest BCUT2D eigenvalue weighted by Crippen LogP contribution is -2.23. The maximum atomic E-state index is 12.0. The van der Waals surface area contributed by atoms with Crippen molar-refractivity contribution in [3.05, 3.63) is 35.4 Å². The summed E-state index contributed by atoms with van der Waals surface area (Å²) < 4.78 is 10.1. The van der Waals surface area contributed by atoms with Crippen LogP contribution in [0.3, 0.4) is 0 Å². The Morgan fingerprint density at radius 3 is 1.90 bits per heavy atom. The molecule has 0 aliphatic carbocycles. The van der Waals surface area contributed by atoms with Crippen molar-refractivity contribution >= 4 is 18.0 Å². The predicted octanol–water partition coefficient (Wildman–Crippen LogP) is 2.68. The Labute approximate surface area is 124 Å².